The van der Waals surface area contributed by atoms with E-state index in [9.17, 15) is 9.59 Å². The van der Waals surface area contributed by atoms with Crippen molar-refractivity contribution in [3.63, 3.8) is 0 Å². The van der Waals surface area contributed by atoms with Crippen molar-refractivity contribution in [2.45, 2.75) is 39.2 Å². The Balaban J connectivity index is 1.68. The van der Waals surface area contributed by atoms with Gasteiger partial charge in [0.1, 0.15) is 6.54 Å². The lowest BCUT2D eigenvalue weighted by molar-refractivity contribution is -0.140. The first-order valence-electron chi connectivity index (χ1n) is 9.53. The smallest absolute Gasteiger partial charge is 0.254 e. The Morgan fingerprint density at radius 1 is 1.07 bits per heavy atom. The Labute approximate surface area is 160 Å². The highest BCUT2D eigenvalue weighted by atomic mass is 16.2. The highest BCUT2D eigenvalue weighted by Crippen LogP contribution is 2.41. The second-order valence-electron chi connectivity index (χ2n) is 8.49. The van der Waals surface area contributed by atoms with E-state index < -0.39 is 0 Å². The third-order valence-electron chi connectivity index (χ3n) is 6.07. The van der Waals surface area contributed by atoms with Crippen molar-refractivity contribution in [2.75, 3.05) is 19.6 Å². The van der Waals surface area contributed by atoms with E-state index in [2.05, 4.69) is 32.0 Å². The molecule has 27 heavy (non-hydrogen) atoms. The second kappa shape index (κ2) is 6.22. The average Bonchev–Trinajstić information content (AvgIpc) is 2.64. The summed E-state index contributed by atoms with van der Waals surface area (Å²) in [6.45, 7) is 9.80. The number of aryl methyl sites for hydroxylation is 2. The minimum atomic E-state index is -0.0804. The van der Waals surface area contributed by atoms with Crippen molar-refractivity contribution < 1.29 is 9.59 Å². The van der Waals surface area contributed by atoms with Crippen LogP contribution in [0.3, 0.4) is 0 Å². The maximum atomic E-state index is 13.1. The Morgan fingerprint density at radius 3 is 2.56 bits per heavy atom. The molecule has 2 heterocycles. The summed E-state index contributed by atoms with van der Waals surface area (Å²) < 4.78 is 0. The van der Waals surface area contributed by atoms with Crippen LogP contribution in [0.25, 0.3) is 0 Å². The molecular weight excluding hydrogens is 336 g/mol. The van der Waals surface area contributed by atoms with Crippen LogP contribution in [0.2, 0.25) is 0 Å². The predicted molar refractivity (Wildman–Crippen MR) is 106 cm³/mol. The van der Waals surface area contributed by atoms with Crippen LogP contribution in [-0.4, -0.2) is 41.2 Å². The van der Waals surface area contributed by atoms with Crippen LogP contribution in [0.5, 0.6) is 0 Å². The summed E-state index contributed by atoms with van der Waals surface area (Å²) in [7, 11) is 0. The molecule has 0 N–H and O–H groups in total. The number of rotatable bonds is 1. The quantitative estimate of drug-likeness (QED) is 0.777. The summed E-state index contributed by atoms with van der Waals surface area (Å²) in [4.78, 5) is 29.7. The molecule has 140 valence electrons. The van der Waals surface area contributed by atoms with Gasteiger partial charge in [-0.15, -0.1) is 0 Å². The van der Waals surface area contributed by atoms with Crippen LogP contribution in [0.15, 0.2) is 42.5 Å². The molecular formula is C23H26N2O2. The first-order chi connectivity index (χ1) is 12.8. The van der Waals surface area contributed by atoms with E-state index in [1.54, 1.807) is 4.90 Å². The van der Waals surface area contributed by atoms with Crippen molar-refractivity contribution in [1.29, 1.82) is 0 Å². The lowest BCUT2D eigenvalue weighted by Gasteiger charge is -2.49. The third kappa shape index (κ3) is 2.93. The van der Waals surface area contributed by atoms with Crippen molar-refractivity contribution in [3.05, 3.63) is 70.3 Å². The SMILES string of the molecule is Cc1ccc(C(=O)N2CC(=O)N3CC(C)(C)c4ccccc4C3C2)cc1C. The van der Waals surface area contributed by atoms with Gasteiger partial charge in [-0.05, 0) is 48.2 Å². The fourth-order valence-electron chi connectivity index (χ4n) is 4.39. The number of amides is 2. The van der Waals surface area contributed by atoms with Gasteiger partial charge < -0.3 is 9.80 Å². The summed E-state index contributed by atoms with van der Waals surface area (Å²) in [6.07, 6.45) is 0. The molecule has 0 aliphatic carbocycles. The first-order valence-corrected chi connectivity index (χ1v) is 9.53. The number of benzene rings is 2. The number of fused-ring (bicyclic) bond motifs is 3. The molecule has 1 fully saturated rings. The van der Waals surface area contributed by atoms with E-state index in [1.165, 1.54) is 11.1 Å². The third-order valence-corrected chi connectivity index (χ3v) is 6.07. The van der Waals surface area contributed by atoms with Gasteiger partial charge in [0, 0.05) is 24.1 Å². The zero-order valence-electron chi connectivity index (χ0n) is 16.5. The minimum Gasteiger partial charge on any atom is -0.331 e. The van der Waals surface area contributed by atoms with Gasteiger partial charge in [-0.2, -0.15) is 0 Å². The monoisotopic (exact) mass is 362 g/mol. The summed E-state index contributed by atoms with van der Waals surface area (Å²) in [6, 6.07) is 14.0. The van der Waals surface area contributed by atoms with Gasteiger partial charge in [0.05, 0.1) is 6.04 Å². The van der Waals surface area contributed by atoms with Crippen molar-refractivity contribution in [2.24, 2.45) is 0 Å². The molecule has 1 unspecified atom stereocenters. The minimum absolute atomic E-state index is 0.0333. The number of carbonyl (C=O) groups is 2. The predicted octanol–water partition coefficient (Wildman–Crippen LogP) is 3.62. The molecule has 0 radical (unpaired) electrons. The molecule has 0 saturated carbocycles. The molecule has 2 amide bonds. The average molecular weight is 362 g/mol. The highest BCUT2D eigenvalue weighted by Gasteiger charge is 2.44. The number of carbonyl (C=O) groups excluding carboxylic acids is 2. The van der Waals surface area contributed by atoms with Gasteiger partial charge in [-0.1, -0.05) is 44.2 Å². The molecule has 0 aromatic heterocycles. The normalized spacial score (nSPS) is 20.9. The summed E-state index contributed by atoms with van der Waals surface area (Å²) in [5.74, 6) is -0.0283. The van der Waals surface area contributed by atoms with E-state index in [1.807, 2.05) is 43.0 Å². The number of hydrogen-bond donors (Lipinski definition) is 0. The Kier molecular flexibility index (Phi) is 4.10. The van der Waals surface area contributed by atoms with Gasteiger partial charge in [0.25, 0.3) is 5.91 Å². The molecule has 2 aromatic rings. The van der Waals surface area contributed by atoms with E-state index in [4.69, 9.17) is 0 Å². The summed E-state index contributed by atoms with van der Waals surface area (Å²) >= 11 is 0. The second-order valence-corrected chi connectivity index (χ2v) is 8.49. The van der Waals surface area contributed by atoms with Crippen LogP contribution in [-0.2, 0) is 10.2 Å². The first kappa shape index (κ1) is 17.8. The van der Waals surface area contributed by atoms with E-state index in [-0.39, 0.29) is 29.8 Å². The van der Waals surface area contributed by atoms with Crippen molar-refractivity contribution in [3.8, 4) is 0 Å². The van der Waals surface area contributed by atoms with Crippen molar-refractivity contribution in [1.82, 2.24) is 9.80 Å². The molecule has 0 spiro atoms. The maximum Gasteiger partial charge on any atom is 0.254 e. The largest absolute Gasteiger partial charge is 0.331 e. The molecule has 4 rings (SSSR count). The van der Waals surface area contributed by atoms with Gasteiger partial charge in [0.2, 0.25) is 5.91 Å². The van der Waals surface area contributed by atoms with E-state index in [0.717, 1.165) is 11.1 Å². The Morgan fingerprint density at radius 2 is 1.81 bits per heavy atom. The van der Waals surface area contributed by atoms with Crippen molar-refractivity contribution >= 4 is 11.8 Å². The Hall–Kier alpha value is -2.62. The van der Waals surface area contributed by atoms with Crippen LogP contribution >= 0.6 is 0 Å². The van der Waals surface area contributed by atoms with Crippen LogP contribution in [0.1, 0.15) is 52.5 Å². The topological polar surface area (TPSA) is 40.6 Å². The number of nitrogens with zero attached hydrogens (tertiary/aromatic N) is 2. The zero-order valence-corrected chi connectivity index (χ0v) is 16.5. The number of hydrogen-bond acceptors (Lipinski definition) is 2. The standard InChI is InChI=1S/C23H26N2O2/c1-15-9-10-17(11-16(15)2)22(27)24-12-20-18-7-5-6-8-19(18)23(3,4)14-25(20)21(26)13-24/h5-11,20H,12-14H2,1-4H3. The van der Waals surface area contributed by atoms with Crippen LogP contribution < -0.4 is 0 Å². The molecule has 1 atom stereocenters. The lowest BCUT2D eigenvalue weighted by atomic mass is 9.75. The molecule has 2 aliphatic rings. The van der Waals surface area contributed by atoms with Gasteiger partial charge in [0.15, 0.2) is 0 Å². The maximum absolute atomic E-state index is 13.1. The molecule has 2 aliphatic heterocycles. The summed E-state index contributed by atoms with van der Waals surface area (Å²) in [5.41, 5.74) is 5.28. The Bertz CT molecular complexity index is 932. The fourth-order valence-corrected chi connectivity index (χ4v) is 4.39. The fraction of sp³-hybridized carbons (Fsp3) is 0.391. The summed E-state index contributed by atoms with van der Waals surface area (Å²) in [5, 5.41) is 0. The van der Waals surface area contributed by atoms with Crippen LogP contribution in [0.4, 0.5) is 0 Å². The van der Waals surface area contributed by atoms with Gasteiger partial charge in [-0.3, -0.25) is 9.59 Å². The van der Waals surface area contributed by atoms with Crippen LogP contribution in [0, 0.1) is 13.8 Å². The highest BCUT2D eigenvalue weighted by molar-refractivity contribution is 5.97. The molecule has 4 heteroatoms. The molecule has 1 saturated heterocycles. The zero-order chi connectivity index (χ0) is 19.3. The van der Waals surface area contributed by atoms with Gasteiger partial charge in [-0.25, -0.2) is 0 Å². The van der Waals surface area contributed by atoms with Gasteiger partial charge >= 0.3 is 0 Å². The van der Waals surface area contributed by atoms with E-state index in [0.29, 0.717) is 18.7 Å². The lowest BCUT2D eigenvalue weighted by Crippen LogP contribution is -2.58. The molecule has 2 aromatic carbocycles. The number of piperazine rings is 1. The molecule has 0 bridgehead atoms. The molecule has 4 nitrogen and oxygen atoms in total. The van der Waals surface area contributed by atoms with E-state index >= 15 is 0 Å².